The summed E-state index contributed by atoms with van der Waals surface area (Å²) in [6.45, 7) is 2.39. The first-order valence-electron chi connectivity index (χ1n) is 9.35. The Kier molecular flexibility index (Phi) is 5.93. The number of furan rings is 1. The van der Waals surface area contributed by atoms with E-state index in [0.29, 0.717) is 49.3 Å². The second-order valence-corrected chi connectivity index (χ2v) is 6.52. The molecular formula is C18H18N8O5. The molecule has 1 saturated heterocycles. The number of nitrogens with zero attached hydrogens (tertiary/aromatic N) is 7. The molecule has 1 amide bonds. The summed E-state index contributed by atoms with van der Waals surface area (Å²) in [5.41, 5.74) is 2.89. The lowest BCUT2D eigenvalue weighted by Crippen LogP contribution is -2.37. The van der Waals surface area contributed by atoms with Gasteiger partial charge in [-0.25, -0.2) is 5.43 Å². The molecule has 1 aromatic carbocycles. The van der Waals surface area contributed by atoms with Crippen molar-refractivity contribution >= 4 is 23.8 Å². The van der Waals surface area contributed by atoms with E-state index >= 15 is 0 Å². The van der Waals surface area contributed by atoms with E-state index in [1.165, 1.54) is 23.1 Å². The van der Waals surface area contributed by atoms with Crippen molar-refractivity contribution in [1.82, 2.24) is 25.6 Å². The Morgan fingerprint density at radius 1 is 1.29 bits per heavy atom. The van der Waals surface area contributed by atoms with E-state index in [-0.39, 0.29) is 12.2 Å². The third-order valence-corrected chi connectivity index (χ3v) is 4.37. The molecule has 31 heavy (non-hydrogen) atoms. The normalized spacial score (nSPS) is 14.1. The molecule has 1 fully saturated rings. The van der Waals surface area contributed by atoms with Gasteiger partial charge >= 0.3 is 0 Å². The molecule has 0 radical (unpaired) electrons. The number of nitrogens with one attached hydrogen (secondary N) is 1. The van der Waals surface area contributed by atoms with Gasteiger partial charge in [-0.05, 0) is 17.3 Å². The van der Waals surface area contributed by atoms with Crippen LogP contribution in [0.15, 0.2) is 45.9 Å². The lowest BCUT2D eigenvalue weighted by atomic mass is 10.1. The molecule has 0 saturated carbocycles. The van der Waals surface area contributed by atoms with Gasteiger partial charge in [-0.2, -0.15) is 9.90 Å². The number of morpholine rings is 1. The van der Waals surface area contributed by atoms with Gasteiger partial charge in [-0.15, -0.1) is 5.10 Å². The Morgan fingerprint density at radius 3 is 2.94 bits per heavy atom. The number of benzene rings is 1. The number of carbonyl (C=O) groups is 1. The molecule has 160 valence electrons. The summed E-state index contributed by atoms with van der Waals surface area (Å²) in [6.07, 6.45) is 1.33. The fourth-order valence-corrected chi connectivity index (χ4v) is 2.87. The highest BCUT2D eigenvalue weighted by atomic mass is 16.6. The van der Waals surface area contributed by atoms with E-state index in [1.54, 1.807) is 24.3 Å². The van der Waals surface area contributed by atoms with Crippen molar-refractivity contribution in [2.24, 2.45) is 5.10 Å². The second kappa shape index (κ2) is 9.13. The van der Waals surface area contributed by atoms with Gasteiger partial charge in [0.1, 0.15) is 18.1 Å². The largest absolute Gasteiger partial charge is 0.455 e. The average Bonchev–Trinajstić information content (AvgIpc) is 3.44. The number of tetrazole rings is 1. The van der Waals surface area contributed by atoms with Gasteiger partial charge in [0.2, 0.25) is 0 Å². The average molecular weight is 426 g/mol. The molecular weight excluding hydrogens is 408 g/mol. The maximum atomic E-state index is 12.0. The van der Waals surface area contributed by atoms with Gasteiger partial charge in [0.25, 0.3) is 17.5 Å². The van der Waals surface area contributed by atoms with Crippen LogP contribution in [0.3, 0.4) is 0 Å². The zero-order chi connectivity index (χ0) is 21.6. The number of amides is 1. The first kappa shape index (κ1) is 20.2. The van der Waals surface area contributed by atoms with Crippen molar-refractivity contribution < 1.29 is 18.9 Å². The molecule has 3 heterocycles. The number of non-ortho nitro benzene ring substituents is 1. The van der Waals surface area contributed by atoms with Crippen molar-refractivity contribution in [3.8, 4) is 11.3 Å². The van der Waals surface area contributed by atoms with E-state index in [0.717, 1.165) is 0 Å². The van der Waals surface area contributed by atoms with Crippen LogP contribution < -0.4 is 10.3 Å². The van der Waals surface area contributed by atoms with Gasteiger partial charge in [0.15, 0.2) is 0 Å². The SMILES string of the molecule is O=C(Cn1nnc(N2CCOCC2)n1)N/N=C/c1ccc(-c2cccc([N+](=O)[O-])c2)o1. The van der Waals surface area contributed by atoms with Gasteiger partial charge in [-0.1, -0.05) is 17.2 Å². The molecule has 1 aliphatic rings. The molecule has 13 nitrogen and oxygen atoms in total. The third kappa shape index (κ3) is 5.08. The molecule has 0 spiro atoms. The molecule has 0 atom stereocenters. The summed E-state index contributed by atoms with van der Waals surface area (Å²) >= 11 is 0. The minimum absolute atomic E-state index is 0.0325. The van der Waals surface area contributed by atoms with Crippen LogP contribution in [0.25, 0.3) is 11.3 Å². The molecule has 0 bridgehead atoms. The predicted molar refractivity (Wildman–Crippen MR) is 107 cm³/mol. The molecule has 1 aliphatic heterocycles. The number of nitro groups is 1. The van der Waals surface area contributed by atoms with Crippen LogP contribution in [-0.2, 0) is 16.1 Å². The molecule has 3 aromatic rings. The highest BCUT2D eigenvalue weighted by Gasteiger charge is 2.16. The number of aromatic nitrogens is 4. The zero-order valence-corrected chi connectivity index (χ0v) is 16.2. The summed E-state index contributed by atoms with van der Waals surface area (Å²) in [5.74, 6) is 0.825. The second-order valence-electron chi connectivity index (χ2n) is 6.52. The van der Waals surface area contributed by atoms with E-state index in [4.69, 9.17) is 9.15 Å². The van der Waals surface area contributed by atoms with Crippen LogP contribution in [0.4, 0.5) is 11.6 Å². The van der Waals surface area contributed by atoms with Crippen LogP contribution in [0.1, 0.15) is 5.76 Å². The standard InChI is InChI=1S/C18H18N8O5/c27-17(12-25-22-18(21-23-25)24-6-8-30-9-7-24)20-19-11-15-4-5-16(31-15)13-2-1-3-14(10-13)26(28)29/h1-5,10-11H,6-9,12H2,(H,20,27)/b19-11+. The van der Waals surface area contributed by atoms with Crippen molar-refractivity contribution in [3.63, 3.8) is 0 Å². The van der Waals surface area contributed by atoms with Crippen LogP contribution in [0, 0.1) is 10.1 Å². The van der Waals surface area contributed by atoms with Crippen molar-refractivity contribution in [3.05, 3.63) is 52.3 Å². The number of nitro benzene ring substituents is 1. The fourth-order valence-electron chi connectivity index (χ4n) is 2.87. The third-order valence-electron chi connectivity index (χ3n) is 4.37. The first-order chi connectivity index (χ1) is 15.1. The van der Waals surface area contributed by atoms with Crippen molar-refractivity contribution in [1.29, 1.82) is 0 Å². The van der Waals surface area contributed by atoms with Crippen LogP contribution in [0.2, 0.25) is 0 Å². The molecule has 13 heteroatoms. The van der Waals surface area contributed by atoms with Crippen LogP contribution >= 0.6 is 0 Å². The quantitative estimate of drug-likeness (QED) is 0.328. The van der Waals surface area contributed by atoms with Gasteiger partial charge in [-0.3, -0.25) is 14.9 Å². The maximum absolute atomic E-state index is 12.0. The van der Waals surface area contributed by atoms with Crippen LogP contribution in [0.5, 0.6) is 0 Å². The molecule has 0 unspecified atom stereocenters. The van der Waals surface area contributed by atoms with E-state index in [2.05, 4.69) is 25.9 Å². The molecule has 0 aliphatic carbocycles. The summed E-state index contributed by atoms with van der Waals surface area (Å²) < 4.78 is 10.9. The highest BCUT2D eigenvalue weighted by Crippen LogP contribution is 2.25. The number of ether oxygens (including phenoxy) is 1. The Labute approximate surface area is 175 Å². The number of hydrogen-bond acceptors (Lipinski definition) is 10. The predicted octanol–water partition coefficient (Wildman–Crippen LogP) is 0.828. The van der Waals surface area contributed by atoms with Crippen LogP contribution in [-0.4, -0.2) is 63.6 Å². The lowest BCUT2D eigenvalue weighted by Gasteiger charge is -2.24. The number of rotatable bonds is 7. The first-order valence-corrected chi connectivity index (χ1v) is 9.35. The lowest BCUT2D eigenvalue weighted by molar-refractivity contribution is -0.384. The number of anilines is 1. The number of carbonyl (C=O) groups excluding carboxylic acids is 1. The van der Waals surface area contributed by atoms with Gasteiger partial charge in [0, 0.05) is 30.8 Å². The zero-order valence-electron chi connectivity index (χ0n) is 16.2. The fraction of sp³-hybridized carbons (Fsp3) is 0.278. The van der Waals surface area contributed by atoms with Gasteiger partial charge < -0.3 is 14.1 Å². The van der Waals surface area contributed by atoms with Gasteiger partial charge in [0.05, 0.1) is 24.4 Å². The van der Waals surface area contributed by atoms with Crippen molar-refractivity contribution in [2.45, 2.75) is 6.54 Å². The summed E-state index contributed by atoms with van der Waals surface area (Å²) in [5, 5.41) is 26.7. The summed E-state index contributed by atoms with van der Waals surface area (Å²) in [4.78, 5) is 25.6. The highest BCUT2D eigenvalue weighted by molar-refractivity contribution is 5.81. The Balaban J connectivity index is 1.31. The number of hydrazone groups is 1. The molecule has 4 rings (SSSR count). The summed E-state index contributed by atoms with van der Waals surface area (Å²) in [6, 6.07) is 9.39. The van der Waals surface area contributed by atoms with Crippen molar-refractivity contribution in [2.75, 3.05) is 31.2 Å². The molecule has 1 N–H and O–H groups in total. The Hall–Kier alpha value is -4.13. The smallest absolute Gasteiger partial charge is 0.270 e. The Bertz CT molecular complexity index is 1100. The Morgan fingerprint density at radius 2 is 2.13 bits per heavy atom. The minimum Gasteiger partial charge on any atom is -0.455 e. The van der Waals surface area contributed by atoms with E-state index < -0.39 is 10.8 Å². The topological polar surface area (TPSA) is 154 Å². The number of hydrogen-bond donors (Lipinski definition) is 1. The maximum Gasteiger partial charge on any atom is 0.270 e. The summed E-state index contributed by atoms with van der Waals surface area (Å²) in [7, 11) is 0. The molecule has 2 aromatic heterocycles. The minimum atomic E-state index is -0.474. The monoisotopic (exact) mass is 426 g/mol. The van der Waals surface area contributed by atoms with E-state index in [9.17, 15) is 14.9 Å². The van der Waals surface area contributed by atoms with E-state index in [1.807, 2.05) is 4.90 Å².